The van der Waals surface area contributed by atoms with Gasteiger partial charge in [0, 0.05) is 24.6 Å². The molecule has 0 bridgehead atoms. The Morgan fingerprint density at radius 3 is 2.13 bits per heavy atom. The molecule has 4 aromatic rings. The number of aryl methyl sites for hydroxylation is 1. The van der Waals surface area contributed by atoms with Crippen LogP contribution in [0.5, 0.6) is 0 Å². The van der Waals surface area contributed by atoms with Crippen molar-refractivity contribution in [3.63, 3.8) is 0 Å². The Hall–Kier alpha value is -4.57. The number of carbonyl (C=O) groups excluding carboxylic acids is 2. The predicted octanol–water partition coefficient (Wildman–Crippen LogP) is 6.56. The lowest BCUT2D eigenvalue weighted by molar-refractivity contribution is -0.140. The van der Waals surface area contributed by atoms with Gasteiger partial charge < -0.3 is 10.2 Å². The predicted molar refractivity (Wildman–Crippen MR) is 178 cm³/mol. The second-order valence-electron chi connectivity index (χ2n) is 12.0. The summed E-state index contributed by atoms with van der Waals surface area (Å²) >= 11 is 0. The van der Waals surface area contributed by atoms with E-state index < -0.39 is 40.2 Å². The summed E-state index contributed by atoms with van der Waals surface area (Å²) in [4.78, 5) is 29.7. The molecule has 1 aliphatic carbocycles. The Bertz CT molecular complexity index is 1760. The van der Waals surface area contributed by atoms with Crippen molar-refractivity contribution in [2.45, 2.75) is 69.0 Å². The first-order valence-corrected chi connectivity index (χ1v) is 17.3. The van der Waals surface area contributed by atoms with Gasteiger partial charge in [-0.25, -0.2) is 17.2 Å². The van der Waals surface area contributed by atoms with Crippen LogP contribution in [-0.2, 0) is 32.6 Å². The minimum absolute atomic E-state index is 0.0529. The maximum absolute atomic E-state index is 15.1. The smallest absolute Gasteiger partial charge is 0.264 e. The van der Waals surface area contributed by atoms with Crippen LogP contribution in [0.15, 0.2) is 108 Å². The minimum Gasteiger partial charge on any atom is -0.352 e. The van der Waals surface area contributed by atoms with Gasteiger partial charge in [0.15, 0.2) is 0 Å². The van der Waals surface area contributed by atoms with Crippen LogP contribution in [0.3, 0.4) is 0 Å². The number of rotatable bonds is 12. The number of sulfonamides is 1. The molecule has 2 amide bonds. The molecule has 5 rings (SSSR count). The van der Waals surface area contributed by atoms with E-state index in [1.165, 1.54) is 17.0 Å². The van der Waals surface area contributed by atoms with Crippen molar-refractivity contribution in [1.29, 1.82) is 0 Å². The fourth-order valence-electron chi connectivity index (χ4n) is 5.88. The van der Waals surface area contributed by atoms with Crippen LogP contribution in [-0.4, -0.2) is 43.8 Å². The second kappa shape index (κ2) is 15.3. The molecule has 0 aromatic heterocycles. The van der Waals surface area contributed by atoms with Crippen molar-refractivity contribution in [3.8, 4) is 0 Å². The van der Waals surface area contributed by atoms with Crippen LogP contribution in [0.25, 0.3) is 0 Å². The van der Waals surface area contributed by atoms with E-state index in [0.29, 0.717) is 0 Å². The highest BCUT2D eigenvalue weighted by Crippen LogP contribution is 2.26. The van der Waals surface area contributed by atoms with Gasteiger partial charge in [-0.1, -0.05) is 85.5 Å². The van der Waals surface area contributed by atoms with Crippen LogP contribution in [0.4, 0.5) is 14.5 Å². The molecule has 0 unspecified atom stereocenters. The quantitative estimate of drug-likeness (QED) is 0.187. The first-order valence-electron chi connectivity index (χ1n) is 15.8. The summed E-state index contributed by atoms with van der Waals surface area (Å²) in [5, 5.41) is 3.13. The molecule has 4 aromatic carbocycles. The van der Waals surface area contributed by atoms with E-state index in [1.54, 1.807) is 36.4 Å². The molecule has 0 radical (unpaired) electrons. The van der Waals surface area contributed by atoms with Crippen molar-refractivity contribution >= 4 is 27.5 Å². The Labute approximate surface area is 275 Å². The lowest BCUT2D eigenvalue weighted by Gasteiger charge is -2.35. The zero-order chi connectivity index (χ0) is 33.4. The number of carbonyl (C=O) groups is 2. The third kappa shape index (κ3) is 8.62. The Balaban J connectivity index is 1.56. The number of benzene rings is 4. The topological polar surface area (TPSA) is 86.8 Å². The summed E-state index contributed by atoms with van der Waals surface area (Å²) in [6.07, 6.45) is 4.84. The van der Waals surface area contributed by atoms with E-state index in [0.717, 1.165) is 71.8 Å². The third-order valence-corrected chi connectivity index (χ3v) is 10.3. The highest BCUT2D eigenvalue weighted by molar-refractivity contribution is 7.92. The highest BCUT2D eigenvalue weighted by Gasteiger charge is 2.35. The number of nitrogens with one attached hydrogen (secondary N) is 1. The first kappa shape index (κ1) is 33.8. The van der Waals surface area contributed by atoms with Crippen molar-refractivity contribution in [3.05, 3.63) is 131 Å². The fourth-order valence-corrected chi connectivity index (χ4v) is 7.30. The van der Waals surface area contributed by atoms with Gasteiger partial charge in [-0.2, -0.15) is 0 Å². The van der Waals surface area contributed by atoms with Crippen molar-refractivity contribution < 1.29 is 26.8 Å². The Kier molecular flexibility index (Phi) is 11.0. The highest BCUT2D eigenvalue weighted by atomic mass is 32.2. The number of amides is 2. The van der Waals surface area contributed by atoms with Gasteiger partial charge in [0.25, 0.3) is 10.0 Å². The van der Waals surface area contributed by atoms with Crippen LogP contribution >= 0.6 is 0 Å². The molecule has 0 spiro atoms. The third-order valence-electron chi connectivity index (χ3n) is 8.52. The van der Waals surface area contributed by atoms with E-state index >= 15 is 4.39 Å². The normalized spacial score (nSPS) is 14.3. The van der Waals surface area contributed by atoms with Crippen LogP contribution in [0.1, 0.15) is 48.8 Å². The summed E-state index contributed by atoms with van der Waals surface area (Å²) in [5.41, 5.74) is 2.07. The molecule has 1 N–H and O–H groups in total. The lowest BCUT2D eigenvalue weighted by atomic mass is 9.94. The molecule has 0 saturated heterocycles. The Morgan fingerprint density at radius 2 is 1.47 bits per heavy atom. The summed E-state index contributed by atoms with van der Waals surface area (Å²) < 4.78 is 57.9. The van der Waals surface area contributed by atoms with Crippen molar-refractivity contribution in [2.24, 2.45) is 0 Å². The first-order chi connectivity index (χ1) is 22.6. The van der Waals surface area contributed by atoms with Gasteiger partial charge in [-0.05, 0) is 67.8 Å². The van der Waals surface area contributed by atoms with Gasteiger partial charge in [0.2, 0.25) is 11.8 Å². The van der Waals surface area contributed by atoms with Gasteiger partial charge in [0.1, 0.15) is 24.2 Å². The van der Waals surface area contributed by atoms with Crippen molar-refractivity contribution in [1.82, 2.24) is 10.2 Å². The average Bonchev–Trinajstić information content (AvgIpc) is 3.07. The lowest BCUT2D eigenvalue weighted by Crippen LogP contribution is -2.55. The van der Waals surface area contributed by atoms with Gasteiger partial charge >= 0.3 is 0 Å². The number of hydrogen-bond donors (Lipinski definition) is 1. The zero-order valence-corrected chi connectivity index (χ0v) is 27.1. The molecule has 1 saturated carbocycles. The van der Waals surface area contributed by atoms with Gasteiger partial charge in [-0.15, -0.1) is 0 Å². The molecule has 1 atom stereocenters. The molecule has 246 valence electrons. The zero-order valence-electron chi connectivity index (χ0n) is 26.3. The second-order valence-corrected chi connectivity index (χ2v) is 13.8. The number of halogens is 2. The average molecular weight is 660 g/mol. The van der Waals surface area contributed by atoms with E-state index in [-0.39, 0.29) is 41.1 Å². The van der Waals surface area contributed by atoms with Crippen molar-refractivity contribution in [2.75, 3.05) is 10.8 Å². The number of hydrogen-bond acceptors (Lipinski definition) is 4. The number of anilines is 1. The van der Waals surface area contributed by atoms with Gasteiger partial charge in [-0.3, -0.25) is 13.9 Å². The molecule has 1 aliphatic rings. The standard InChI is InChI=1S/C37H39F2N3O4S/c1-27-16-20-32(21-17-27)42(47(45,46)33-22-18-30(38)19-23-33)26-36(43)41(25-29-12-8-9-15-34(29)39)35(24-28-10-4-2-5-11-28)37(44)40-31-13-6-3-7-14-31/h2,4-5,8-12,15-23,31,35H,3,6-7,13-14,24-26H2,1H3,(H,40,44)/t35-/m1/s1. The molecule has 0 aliphatic heterocycles. The maximum Gasteiger partial charge on any atom is 0.264 e. The van der Waals surface area contributed by atoms with E-state index in [2.05, 4.69) is 5.32 Å². The summed E-state index contributed by atoms with van der Waals surface area (Å²) in [6.45, 7) is 0.904. The molecule has 1 fully saturated rings. The molecular formula is C37H39F2N3O4S. The fraction of sp³-hybridized carbons (Fsp3) is 0.297. The van der Waals surface area contributed by atoms with E-state index in [9.17, 15) is 22.4 Å². The largest absolute Gasteiger partial charge is 0.352 e. The van der Waals surface area contributed by atoms with Gasteiger partial charge in [0.05, 0.1) is 10.6 Å². The number of nitrogens with zero attached hydrogens (tertiary/aromatic N) is 2. The minimum atomic E-state index is -4.38. The van der Waals surface area contributed by atoms with Crippen LogP contribution in [0.2, 0.25) is 0 Å². The summed E-state index contributed by atoms with van der Waals surface area (Å²) in [6, 6.07) is 25.1. The molecule has 7 nitrogen and oxygen atoms in total. The summed E-state index contributed by atoms with van der Waals surface area (Å²) in [5.74, 6) is -2.23. The van der Waals surface area contributed by atoms with E-state index in [4.69, 9.17) is 0 Å². The maximum atomic E-state index is 15.1. The molecular weight excluding hydrogens is 620 g/mol. The monoisotopic (exact) mass is 659 g/mol. The molecule has 47 heavy (non-hydrogen) atoms. The van der Waals surface area contributed by atoms with E-state index in [1.807, 2.05) is 37.3 Å². The molecule has 0 heterocycles. The van der Waals surface area contributed by atoms with Crippen LogP contribution < -0.4 is 9.62 Å². The SMILES string of the molecule is Cc1ccc(N(CC(=O)N(Cc2ccccc2F)[C@H](Cc2ccccc2)C(=O)NC2CCCCC2)S(=O)(=O)c2ccc(F)cc2)cc1. The van der Waals surface area contributed by atoms with Crippen LogP contribution in [0, 0.1) is 18.6 Å². The Morgan fingerprint density at radius 1 is 0.830 bits per heavy atom. The molecule has 10 heteroatoms. The summed E-state index contributed by atoms with van der Waals surface area (Å²) in [7, 11) is -4.38.